The number of amides is 1. The molecule has 1 aliphatic rings. The van der Waals surface area contributed by atoms with E-state index in [0.717, 1.165) is 18.7 Å². The first-order valence-electron chi connectivity index (χ1n) is 9.62. The molecule has 1 unspecified atom stereocenters. The molecule has 1 N–H and O–H groups in total. The van der Waals surface area contributed by atoms with Crippen LogP contribution in [0.1, 0.15) is 28.4 Å². The summed E-state index contributed by atoms with van der Waals surface area (Å²) >= 11 is 0. The summed E-state index contributed by atoms with van der Waals surface area (Å²) in [6.45, 7) is 6.47. The summed E-state index contributed by atoms with van der Waals surface area (Å²) in [4.78, 5) is 21.8. The van der Waals surface area contributed by atoms with Gasteiger partial charge in [-0.15, -0.1) is 0 Å². The number of hydrogen-bond acceptors (Lipinski definition) is 5. The highest BCUT2D eigenvalue weighted by Crippen LogP contribution is 2.22. The Kier molecular flexibility index (Phi) is 5.00. The van der Waals surface area contributed by atoms with Gasteiger partial charge in [0, 0.05) is 50.4 Å². The van der Waals surface area contributed by atoms with E-state index in [2.05, 4.69) is 53.1 Å². The van der Waals surface area contributed by atoms with Gasteiger partial charge in [-0.1, -0.05) is 17.7 Å². The lowest BCUT2D eigenvalue weighted by Gasteiger charge is -2.41. The first-order chi connectivity index (χ1) is 13.6. The SMILES string of the molecule is Cc1ccc(N2CCN(C(=O)c3cnn4cc(CCO)cnc34)C(C)C2)cc1. The monoisotopic (exact) mass is 379 g/mol. The number of hydrogen-bond donors (Lipinski definition) is 1. The zero-order valence-corrected chi connectivity index (χ0v) is 16.2. The zero-order valence-electron chi connectivity index (χ0n) is 16.2. The van der Waals surface area contributed by atoms with Gasteiger partial charge in [0.25, 0.3) is 5.91 Å². The molecule has 1 atom stereocenters. The van der Waals surface area contributed by atoms with Gasteiger partial charge in [-0.3, -0.25) is 4.79 Å². The van der Waals surface area contributed by atoms with Crippen LogP contribution in [0.15, 0.2) is 42.9 Å². The average Bonchev–Trinajstić information content (AvgIpc) is 3.11. The number of nitrogens with zero attached hydrogens (tertiary/aromatic N) is 5. The second-order valence-electron chi connectivity index (χ2n) is 7.39. The van der Waals surface area contributed by atoms with Crippen molar-refractivity contribution < 1.29 is 9.90 Å². The molecule has 7 nitrogen and oxygen atoms in total. The van der Waals surface area contributed by atoms with Crippen LogP contribution in [-0.2, 0) is 6.42 Å². The molecule has 1 aliphatic heterocycles. The molecule has 1 saturated heterocycles. The first-order valence-corrected chi connectivity index (χ1v) is 9.62. The molecular formula is C21H25N5O2. The third-order valence-electron chi connectivity index (χ3n) is 5.33. The number of rotatable bonds is 4. The summed E-state index contributed by atoms with van der Waals surface area (Å²) in [5, 5.41) is 13.4. The highest BCUT2D eigenvalue weighted by molar-refractivity contribution is 6.00. The molecule has 4 rings (SSSR count). The molecule has 0 spiro atoms. The topological polar surface area (TPSA) is 74.0 Å². The van der Waals surface area contributed by atoms with Gasteiger partial charge >= 0.3 is 0 Å². The summed E-state index contributed by atoms with van der Waals surface area (Å²) in [5.74, 6) is -0.0338. The summed E-state index contributed by atoms with van der Waals surface area (Å²) in [7, 11) is 0. The minimum atomic E-state index is -0.0338. The molecule has 1 amide bonds. The van der Waals surface area contributed by atoms with E-state index in [4.69, 9.17) is 5.11 Å². The Hall–Kier alpha value is -2.93. The third kappa shape index (κ3) is 3.45. The van der Waals surface area contributed by atoms with E-state index in [-0.39, 0.29) is 18.6 Å². The van der Waals surface area contributed by atoms with Crippen molar-refractivity contribution in [2.45, 2.75) is 26.3 Å². The first kappa shape index (κ1) is 18.4. The fourth-order valence-corrected chi connectivity index (χ4v) is 3.73. The lowest BCUT2D eigenvalue weighted by atomic mass is 10.1. The van der Waals surface area contributed by atoms with Gasteiger partial charge in [0.05, 0.1) is 6.20 Å². The molecule has 1 fully saturated rings. The zero-order chi connectivity index (χ0) is 19.7. The van der Waals surface area contributed by atoms with E-state index < -0.39 is 0 Å². The summed E-state index contributed by atoms with van der Waals surface area (Å²) in [6, 6.07) is 8.60. The number of aryl methyl sites for hydroxylation is 1. The van der Waals surface area contributed by atoms with Crippen molar-refractivity contribution in [1.29, 1.82) is 0 Å². The Labute approximate surface area is 164 Å². The van der Waals surface area contributed by atoms with E-state index in [1.807, 2.05) is 11.1 Å². The smallest absolute Gasteiger partial charge is 0.259 e. The van der Waals surface area contributed by atoms with Crippen molar-refractivity contribution in [2.24, 2.45) is 0 Å². The van der Waals surface area contributed by atoms with E-state index >= 15 is 0 Å². The molecule has 0 radical (unpaired) electrons. The van der Waals surface area contributed by atoms with Crippen LogP contribution < -0.4 is 4.90 Å². The number of aliphatic hydroxyl groups excluding tert-OH is 1. The minimum Gasteiger partial charge on any atom is -0.396 e. The summed E-state index contributed by atoms with van der Waals surface area (Å²) < 4.78 is 1.62. The summed E-state index contributed by atoms with van der Waals surface area (Å²) in [5.41, 5.74) is 4.40. The van der Waals surface area contributed by atoms with Gasteiger partial charge in [0.1, 0.15) is 5.56 Å². The Balaban J connectivity index is 1.51. The van der Waals surface area contributed by atoms with Crippen molar-refractivity contribution >= 4 is 17.2 Å². The quantitative estimate of drug-likeness (QED) is 0.750. The number of anilines is 1. The largest absolute Gasteiger partial charge is 0.396 e. The standard InChI is InChI=1S/C21H25N5O2/c1-15-3-5-18(6-4-15)24-8-9-25(16(2)13-24)21(28)19-12-23-26-14-17(7-10-27)11-22-20(19)26/h3-6,11-12,14,16,27H,7-10,13H2,1-2H3. The van der Waals surface area contributed by atoms with Crippen molar-refractivity contribution in [3.05, 3.63) is 59.5 Å². The van der Waals surface area contributed by atoms with E-state index in [1.54, 1.807) is 16.9 Å². The molecule has 1 aromatic carbocycles. The minimum absolute atomic E-state index is 0.0338. The molecular weight excluding hydrogens is 354 g/mol. The number of carbonyl (C=O) groups is 1. The normalized spacial score (nSPS) is 17.3. The number of aromatic nitrogens is 3. The molecule has 0 saturated carbocycles. The Morgan fingerprint density at radius 1 is 1.21 bits per heavy atom. The van der Waals surface area contributed by atoms with Gasteiger partial charge in [0.2, 0.25) is 0 Å². The van der Waals surface area contributed by atoms with Crippen molar-refractivity contribution in [2.75, 3.05) is 31.1 Å². The molecule has 3 heterocycles. The highest BCUT2D eigenvalue weighted by atomic mass is 16.3. The molecule has 28 heavy (non-hydrogen) atoms. The molecule has 0 bridgehead atoms. The van der Waals surface area contributed by atoms with Crippen LogP contribution in [0.2, 0.25) is 0 Å². The maximum absolute atomic E-state index is 13.2. The van der Waals surface area contributed by atoms with E-state index in [9.17, 15) is 4.79 Å². The Morgan fingerprint density at radius 3 is 2.71 bits per heavy atom. The second kappa shape index (κ2) is 7.59. The maximum atomic E-state index is 13.2. The molecule has 0 aliphatic carbocycles. The lowest BCUT2D eigenvalue weighted by Crippen LogP contribution is -2.54. The number of aliphatic hydroxyl groups is 1. The molecule has 7 heteroatoms. The van der Waals surface area contributed by atoms with Gasteiger partial charge in [-0.25, -0.2) is 9.50 Å². The van der Waals surface area contributed by atoms with Crippen LogP contribution in [0.5, 0.6) is 0 Å². The average molecular weight is 379 g/mol. The number of carbonyl (C=O) groups excluding carboxylic acids is 1. The molecule has 2 aromatic heterocycles. The molecule has 146 valence electrons. The van der Waals surface area contributed by atoms with Gasteiger partial charge in [0.15, 0.2) is 5.65 Å². The van der Waals surface area contributed by atoms with Crippen LogP contribution in [0.3, 0.4) is 0 Å². The van der Waals surface area contributed by atoms with Crippen LogP contribution in [-0.4, -0.2) is 62.8 Å². The fourth-order valence-electron chi connectivity index (χ4n) is 3.73. The lowest BCUT2D eigenvalue weighted by molar-refractivity contribution is 0.0676. The number of fused-ring (bicyclic) bond motifs is 1. The van der Waals surface area contributed by atoms with Crippen LogP contribution >= 0.6 is 0 Å². The van der Waals surface area contributed by atoms with Crippen molar-refractivity contribution in [3.8, 4) is 0 Å². The van der Waals surface area contributed by atoms with Crippen molar-refractivity contribution in [3.63, 3.8) is 0 Å². The Morgan fingerprint density at radius 2 is 2.00 bits per heavy atom. The second-order valence-corrected chi connectivity index (χ2v) is 7.39. The highest BCUT2D eigenvalue weighted by Gasteiger charge is 2.30. The molecule has 3 aromatic rings. The Bertz CT molecular complexity index is 982. The number of benzene rings is 1. The van der Waals surface area contributed by atoms with Gasteiger partial charge in [-0.2, -0.15) is 5.10 Å². The van der Waals surface area contributed by atoms with E-state index in [1.165, 1.54) is 11.3 Å². The van der Waals surface area contributed by atoms with E-state index in [0.29, 0.717) is 24.2 Å². The van der Waals surface area contributed by atoms with Crippen molar-refractivity contribution in [1.82, 2.24) is 19.5 Å². The maximum Gasteiger partial charge on any atom is 0.259 e. The van der Waals surface area contributed by atoms with Crippen LogP contribution in [0.4, 0.5) is 5.69 Å². The van der Waals surface area contributed by atoms with Crippen LogP contribution in [0, 0.1) is 6.92 Å². The predicted octanol–water partition coefficient (Wildman–Crippen LogP) is 1.92. The number of piperazine rings is 1. The summed E-state index contributed by atoms with van der Waals surface area (Å²) in [6.07, 6.45) is 5.62. The fraction of sp³-hybridized carbons (Fsp3) is 0.381. The van der Waals surface area contributed by atoms with Gasteiger partial charge in [-0.05, 0) is 38.0 Å². The predicted molar refractivity (Wildman–Crippen MR) is 108 cm³/mol. The van der Waals surface area contributed by atoms with Crippen LogP contribution in [0.25, 0.3) is 5.65 Å². The van der Waals surface area contributed by atoms with Gasteiger partial charge < -0.3 is 14.9 Å². The third-order valence-corrected chi connectivity index (χ3v) is 5.33.